The van der Waals surface area contributed by atoms with Crippen molar-refractivity contribution < 1.29 is 9.90 Å². The van der Waals surface area contributed by atoms with Gasteiger partial charge >= 0.3 is 0 Å². The summed E-state index contributed by atoms with van der Waals surface area (Å²) in [5.41, 5.74) is 1.58. The van der Waals surface area contributed by atoms with Crippen molar-refractivity contribution in [1.82, 2.24) is 4.98 Å². The first-order chi connectivity index (χ1) is 8.16. The Balaban J connectivity index is 2.37. The Bertz CT molecular complexity index is 538. The van der Waals surface area contributed by atoms with Gasteiger partial charge in [-0.2, -0.15) is 0 Å². The molecule has 1 N–H and O–H groups in total. The molecule has 2 aromatic rings. The van der Waals surface area contributed by atoms with E-state index in [0.29, 0.717) is 5.82 Å². The molecule has 0 radical (unpaired) electrons. The molecule has 4 nitrogen and oxygen atoms in total. The van der Waals surface area contributed by atoms with Gasteiger partial charge in [-0.1, -0.05) is 18.2 Å². The molecular weight excluding hydrogens is 216 g/mol. The highest BCUT2D eigenvalue weighted by Crippen LogP contribution is 2.18. The molecule has 0 saturated heterocycles. The fourth-order valence-corrected chi connectivity index (χ4v) is 1.47. The van der Waals surface area contributed by atoms with Crippen LogP contribution in [0, 0.1) is 6.92 Å². The molecule has 0 bridgehead atoms. The molecule has 0 atom stereocenters. The maximum absolute atomic E-state index is 10.9. The highest BCUT2D eigenvalue weighted by atomic mass is 16.4. The maximum Gasteiger partial charge on any atom is 0.139 e. The van der Waals surface area contributed by atoms with Crippen molar-refractivity contribution in [3.8, 4) is 0 Å². The zero-order valence-electron chi connectivity index (χ0n) is 9.31. The Hall–Kier alpha value is -2.36. The summed E-state index contributed by atoms with van der Waals surface area (Å²) in [5.74, 6) is -0.938. The number of carboxylic acid groups (broad SMARTS) is 1. The van der Waals surface area contributed by atoms with Crippen LogP contribution in [-0.2, 0) is 0 Å². The number of hydrogen-bond donors (Lipinski definition) is 1. The molecular formula is C13H11N2O2-. The monoisotopic (exact) mass is 227 g/mol. The van der Waals surface area contributed by atoms with Crippen molar-refractivity contribution in [3.63, 3.8) is 0 Å². The summed E-state index contributed by atoms with van der Waals surface area (Å²) in [6.45, 7) is 1.80. The van der Waals surface area contributed by atoms with Gasteiger partial charge in [0.1, 0.15) is 5.82 Å². The fourth-order valence-electron chi connectivity index (χ4n) is 1.47. The first-order valence-corrected chi connectivity index (χ1v) is 5.18. The van der Waals surface area contributed by atoms with Crippen LogP contribution in [0.3, 0.4) is 0 Å². The minimum atomic E-state index is -1.24. The molecule has 0 aliphatic rings. The van der Waals surface area contributed by atoms with Crippen LogP contribution < -0.4 is 10.4 Å². The summed E-state index contributed by atoms with van der Waals surface area (Å²) in [5, 5.41) is 13.9. The summed E-state index contributed by atoms with van der Waals surface area (Å²) < 4.78 is 0. The van der Waals surface area contributed by atoms with E-state index in [1.54, 1.807) is 13.0 Å². The Kier molecular flexibility index (Phi) is 3.05. The fraction of sp³-hybridized carbons (Fsp3) is 0.0769. The highest BCUT2D eigenvalue weighted by molar-refractivity contribution is 5.92. The lowest BCUT2D eigenvalue weighted by atomic mass is 10.2. The Morgan fingerprint density at radius 3 is 2.53 bits per heavy atom. The van der Waals surface area contributed by atoms with Crippen molar-refractivity contribution in [2.75, 3.05) is 5.32 Å². The molecule has 1 aromatic heterocycles. The van der Waals surface area contributed by atoms with E-state index in [0.717, 1.165) is 11.4 Å². The second-order valence-corrected chi connectivity index (χ2v) is 3.63. The van der Waals surface area contributed by atoms with Crippen molar-refractivity contribution in [1.29, 1.82) is 0 Å². The number of nitrogens with zero attached hydrogens (tertiary/aromatic N) is 1. The number of aryl methyl sites for hydroxylation is 1. The Morgan fingerprint density at radius 2 is 1.88 bits per heavy atom. The quantitative estimate of drug-likeness (QED) is 0.862. The standard InChI is InChI=1S/C13H12N2O2/c1-9-7-8-11(13(16)17)12(14-9)15-10-5-3-2-4-6-10/h2-8H,1H3,(H,14,15)(H,16,17)/p-1. The molecule has 0 fully saturated rings. The van der Waals surface area contributed by atoms with Gasteiger partial charge in [0.15, 0.2) is 0 Å². The predicted octanol–water partition coefficient (Wildman–Crippen LogP) is 1.50. The number of anilines is 2. The van der Waals surface area contributed by atoms with E-state index in [-0.39, 0.29) is 5.56 Å². The lowest BCUT2D eigenvalue weighted by Crippen LogP contribution is -2.23. The number of hydrogen-bond acceptors (Lipinski definition) is 4. The van der Waals surface area contributed by atoms with Crippen LogP contribution in [0.25, 0.3) is 0 Å². The molecule has 0 saturated carbocycles. The number of pyridine rings is 1. The van der Waals surface area contributed by atoms with Crippen LogP contribution >= 0.6 is 0 Å². The number of rotatable bonds is 3. The Labute approximate surface area is 98.9 Å². The van der Waals surface area contributed by atoms with Crippen molar-refractivity contribution in [2.24, 2.45) is 0 Å². The van der Waals surface area contributed by atoms with Crippen molar-refractivity contribution in [3.05, 3.63) is 53.7 Å². The molecule has 86 valence electrons. The molecule has 0 unspecified atom stereocenters. The van der Waals surface area contributed by atoms with Crippen LogP contribution in [0.5, 0.6) is 0 Å². The first-order valence-electron chi connectivity index (χ1n) is 5.18. The van der Waals surface area contributed by atoms with Gasteiger partial charge in [-0.3, -0.25) is 0 Å². The average molecular weight is 227 g/mol. The summed E-state index contributed by atoms with van der Waals surface area (Å²) in [7, 11) is 0. The van der Waals surface area contributed by atoms with Gasteiger partial charge in [0, 0.05) is 16.9 Å². The van der Waals surface area contributed by atoms with Gasteiger partial charge in [0.05, 0.1) is 5.97 Å². The highest BCUT2D eigenvalue weighted by Gasteiger charge is 2.05. The molecule has 17 heavy (non-hydrogen) atoms. The zero-order chi connectivity index (χ0) is 12.3. The summed E-state index contributed by atoms with van der Waals surface area (Å²) in [6.07, 6.45) is 0. The third-order valence-electron chi connectivity index (χ3n) is 2.29. The number of nitrogens with one attached hydrogen (secondary N) is 1. The minimum Gasteiger partial charge on any atom is -0.545 e. The average Bonchev–Trinajstić information content (AvgIpc) is 2.30. The van der Waals surface area contributed by atoms with Gasteiger partial charge in [-0.15, -0.1) is 0 Å². The van der Waals surface area contributed by atoms with E-state index in [1.165, 1.54) is 6.07 Å². The molecule has 1 heterocycles. The molecule has 2 rings (SSSR count). The SMILES string of the molecule is Cc1ccc(C(=O)[O-])c(Nc2ccccc2)n1. The topological polar surface area (TPSA) is 65.0 Å². The van der Waals surface area contributed by atoms with Gasteiger partial charge in [0.2, 0.25) is 0 Å². The van der Waals surface area contributed by atoms with Crippen LogP contribution in [0.4, 0.5) is 11.5 Å². The number of para-hydroxylation sites is 1. The van der Waals surface area contributed by atoms with Crippen LogP contribution in [0.1, 0.15) is 16.1 Å². The van der Waals surface area contributed by atoms with Gasteiger partial charge in [-0.05, 0) is 31.2 Å². The second-order valence-electron chi connectivity index (χ2n) is 3.63. The van der Waals surface area contributed by atoms with Crippen LogP contribution in [0.2, 0.25) is 0 Å². The molecule has 0 aliphatic heterocycles. The van der Waals surface area contributed by atoms with Crippen molar-refractivity contribution in [2.45, 2.75) is 6.92 Å². The first kappa shape index (κ1) is 11.1. The van der Waals surface area contributed by atoms with Crippen LogP contribution in [-0.4, -0.2) is 11.0 Å². The smallest absolute Gasteiger partial charge is 0.139 e. The van der Waals surface area contributed by atoms with Gasteiger partial charge in [0.25, 0.3) is 0 Å². The van der Waals surface area contributed by atoms with E-state index in [1.807, 2.05) is 30.3 Å². The number of carboxylic acids is 1. The van der Waals surface area contributed by atoms with Gasteiger partial charge < -0.3 is 15.2 Å². The van der Waals surface area contributed by atoms with E-state index in [9.17, 15) is 9.90 Å². The third-order valence-corrected chi connectivity index (χ3v) is 2.29. The zero-order valence-corrected chi connectivity index (χ0v) is 9.31. The summed E-state index contributed by atoms with van der Waals surface area (Å²) >= 11 is 0. The molecule has 0 spiro atoms. The summed E-state index contributed by atoms with van der Waals surface area (Å²) in [4.78, 5) is 15.1. The molecule has 4 heteroatoms. The summed E-state index contributed by atoms with van der Waals surface area (Å²) in [6, 6.07) is 12.4. The second kappa shape index (κ2) is 4.65. The third kappa shape index (κ3) is 2.60. The number of aromatic carboxylic acids is 1. The molecule has 0 aliphatic carbocycles. The minimum absolute atomic E-state index is 0.0550. The maximum atomic E-state index is 10.9. The molecule has 0 amide bonds. The molecule has 1 aromatic carbocycles. The normalized spacial score (nSPS) is 9.94. The largest absolute Gasteiger partial charge is 0.545 e. The number of carbonyl (C=O) groups excluding carboxylic acids is 1. The van der Waals surface area contributed by atoms with E-state index < -0.39 is 5.97 Å². The lowest BCUT2D eigenvalue weighted by Gasteiger charge is -2.12. The van der Waals surface area contributed by atoms with Gasteiger partial charge in [-0.25, -0.2) is 4.98 Å². The van der Waals surface area contributed by atoms with E-state index in [2.05, 4.69) is 10.3 Å². The van der Waals surface area contributed by atoms with Crippen molar-refractivity contribution >= 4 is 17.5 Å². The number of aromatic nitrogens is 1. The Morgan fingerprint density at radius 1 is 1.18 bits per heavy atom. The number of carbonyl (C=O) groups is 1. The van der Waals surface area contributed by atoms with E-state index in [4.69, 9.17) is 0 Å². The van der Waals surface area contributed by atoms with E-state index >= 15 is 0 Å². The van der Waals surface area contributed by atoms with Crippen LogP contribution in [0.15, 0.2) is 42.5 Å². The lowest BCUT2D eigenvalue weighted by molar-refractivity contribution is -0.254. The predicted molar refractivity (Wildman–Crippen MR) is 63.0 cm³/mol. The number of benzene rings is 1.